The SMILES string of the molecule is [2H]CC(C)(C)OC(=O)N1CC2=Nc3ccccc3C2CC1C(=O)O. The first-order valence-corrected chi connectivity index (χ1v) is 7.50. The van der Waals surface area contributed by atoms with Gasteiger partial charge in [0.2, 0.25) is 0 Å². The molecule has 0 radical (unpaired) electrons. The van der Waals surface area contributed by atoms with E-state index in [1.165, 1.54) is 4.90 Å². The second-order valence-corrected chi connectivity index (χ2v) is 6.56. The molecule has 2 unspecified atom stereocenters. The van der Waals surface area contributed by atoms with E-state index >= 15 is 0 Å². The lowest BCUT2D eigenvalue weighted by Crippen LogP contribution is -2.53. The number of benzene rings is 1. The molecule has 23 heavy (non-hydrogen) atoms. The number of likely N-dealkylation sites (tertiary alicyclic amines) is 1. The highest BCUT2D eigenvalue weighted by atomic mass is 16.6. The molecule has 0 aliphatic carbocycles. The average molecular weight is 317 g/mol. The van der Waals surface area contributed by atoms with Crippen LogP contribution in [0.1, 0.15) is 40.0 Å². The van der Waals surface area contributed by atoms with E-state index in [4.69, 9.17) is 6.11 Å². The van der Waals surface area contributed by atoms with Crippen molar-refractivity contribution in [1.82, 2.24) is 4.90 Å². The molecule has 0 bridgehead atoms. The van der Waals surface area contributed by atoms with Crippen molar-refractivity contribution in [2.45, 2.75) is 44.7 Å². The van der Waals surface area contributed by atoms with Crippen molar-refractivity contribution in [3.05, 3.63) is 29.8 Å². The van der Waals surface area contributed by atoms with E-state index in [1.54, 1.807) is 13.8 Å². The van der Waals surface area contributed by atoms with Gasteiger partial charge in [-0.2, -0.15) is 0 Å². The number of hydrogen-bond acceptors (Lipinski definition) is 4. The van der Waals surface area contributed by atoms with Crippen LogP contribution in [0.2, 0.25) is 0 Å². The van der Waals surface area contributed by atoms with Crippen LogP contribution in [0.4, 0.5) is 10.5 Å². The molecule has 6 heteroatoms. The Hall–Kier alpha value is -2.37. The highest BCUT2D eigenvalue weighted by Crippen LogP contribution is 2.41. The summed E-state index contributed by atoms with van der Waals surface area (Å²) in [5.74, 6) is -1.13. The molecule has 122 valence electrons. The minimum atomic E-state index is -1.06. The van der Waals surface area contributed by atoms with Crippen LogP contribution in [-0.2, 0) is 9.53 Å². The largest absolute Gasteiger partial charge is 0.480 e. The first kappa shape index (κ1) is 14.2. The summed E-state index contributed by atoms with van der Waals surface area (Å²) in [6, 6.07) is 6.67. The standard InChI is InChI=1S/C17H20N2O4/c1-17(2,3)23-16(22)19-9-13-11(8-14(19)15(20)21)10-6-4-5-7-12(10)18-13/h4-7,11,14H,8-9H2,1-3H3,(H,20,21)/i1D. The highest BCUT2D eigenvalue weighted by molar-refractivity contribution is 6.03. The molecule has 0 spiro atoms. The molecule has 3 rings (SSSR count). The number of hydrogen-bond donors (Lipinski definition) is 1. The van der Waals surface area contributed by atoms with Crippen molar-refractivity contribution in [3.8, 4) is 0 Å². The van der Waals surface area contributed by atoms with Crippen LogP contribution in [0, 0.1) is 0 Å². The third kappa shape index (κ3) is 2.93. The third-order valence-corrected chi connectivity index (χ3v) is 4.03. The first-order valence-electron chi connectivity index (χ1n) is 8.21. The van der Waals surface area contributed by atoms with E-state index in [2.05, 4.69) is 4.99 Å². The van der Waals surface area contributed by atoms with E-state index in [0.29, 0.717) is 0 Å². The fraction of sp³-hybridized carbons (Fsp3) is 0.471. The molecule has 1 N–H and O–H groups in total. The second kappa shape index (κ2) is 5.37. The number of carbonyl (C=O) groups is 2. The lowest BCUT2D eigenvalue weighted by molar-refractivity contribution is -0.143. The van der Waals surface area contributed by atoms with Gasteiger partial charge < -0.3 is 9.84 Å². The summed E-state index contributed by atoms with van der Waals surface area (Å²) in [4.78, 5) is 29.9. The number of fused-ring (bicyclic) bond motifs is 3. The molecule has 1 aromatic carbocycles. The zero-order valence-electron chi connectivity index (χ0n) is 14.2. The number of carboxylic acid groups (broad SMARTS) is 1. The predicted molar refractivity (Wildman–Crippen MR) is 85.3 cm³/mol. The van der Waals surface area contributed by atoms with Crippen molar-refractivity contribution >= 4 is 23.5 Å². The average Bonchev–Trinajstić information content (AvgIpc) is 2.90. The van der Waals surface area contributed by atoms with Crippen LogP contribution in [-0.4, -0.2) is 46.0 Å². The number of rotatable bonds is 1. The molecule has 0 aromatic heterocycles. The molecule has 6 nitrogen and oxygen atoms in total. The molecule has 1 fully saturated rings. The van der Waals surface area contributed by atoms with Gasteiger partial charge in [0, 0.05) is 13.0 Å². The van der Waals surface area contributed by atoms with Gasteiger partial charge >= 0.3 is 12.1 Å². The number of ether oxygens (including phenoxy) is 1. The van der Waals surface area contributed by atoms with Crippen LogP contribution in [0.25, 0.3) is 0 Å². The van der Waals surface area contributed by atoms with Crippen molar-refractivity contribution in [2.75, 3.05) is 6.54 Å². The molecular weight excluding hydrogens is 296 g/mol. The molecule has 2 aliphatic heterocycles. The molecule has 2 atom stereocenters. The van der Waals surface area contributed by atoms with Gasteiger partial charge in [-0.1, -0.05) is 18.2 Å². The zero-order valence-corrected chi connectivity index (χ0v) is 13.2. The normalized spacial score (nSPS) is 23.5. The quantitative estimate of drug-likeness (QED) is 0.863. The number of piperidine rings is 1. The Labute approximate surface area is 136 Å². The van der Waals surface area contributed by atoms with Crippen molar-refractivity contribution in [3.63, 3.8) is 0 Å². The van der Waals surface area contributed by atoms with Crippen molar-refractivity contribution in [1.29, 1.82) is 0 Å². The summed E-state index contributed by atoms with van der Waals surface area (Å²) in [6.45, 7) is 3.29. The molecule has 2 heterocycles. The summed E-state index contributed by atoms with van der Waals surface area (Å²) in [5, 5.41) is 9.55. The Balaban J connectivity index is 1.87. The van der Waals surface area contributed by atoms with Gasteiger partial charge in [0.15, 0.2) is 0 Å². The van der Waals surface area contributed by atoms with Crippen molar-refractivity contribution < 1.29 is 20.8 Å². The molecule has 1 aromatic rings. The summed E-state index contributed by atoms with van der Waals surface area (Å²) in [6.07, 6.45) is -0.432. The molecule has 1 amide bonds. The van der Waals surface area contributed by atoms with E-state index in [-0.39, 0.29) is 25.8 Å². The summed E-state index contributed by atoms with van der Waals surface area (Å²) in [7, 11) is 0. The van der Waals surface area contributed by atoms with Crippen LogP contribution in [0.15, 0.2) is 29.3 Å². The minimum Gasteiger partial charge on any atom is -0.480 e. The van der Waals surface area contributed by atoms with E-state index in [9.17, 15) is 14.7 Å². The maximum atomic E-state index is 12.5. The smallest absolute Gasteiger partial charge is 0.411 e. The number of nitrogens with zero attached hydrogens (tertiary/aromatic N) is 2. The Kier molecular flexibility index (Phi) is 3.32. The number of carboxylic acids is 1. The Bertz CT molecular complexity index is 716. The lowest BCUT2D eigenvalue weighted by Gasteiger charge is -2.37. The summed E-state index contributed by atoms with van der Waals surface area (Å²) >= 11 is 0. The number of carbonyl (C=O) groups excluding carboxylic acids is 1. The molecule has 0 saturated carbocycles. The van der Waals surface area contributed by atoms with Gasteiger partial charge in [-0.05, 0) is 38.8 Å². The number of amides is 1. The van der Waals surface area contributed by atoms with Crippen LogP contribution in [0.5, 0.6) is 0 Å². The maximum absolute atomic E-state index is 12.5. The van der Waals surface area contributed by atoms with E-state index in [1.807, 2.05) is 24.3 Å². The van der Waals surface area contributed by atoms with E-state index < -0.39 is 23.7 Å². The first-order chi connectivity index (χ1) is 11.3. The molecule has 2 aliphatic rings. The molecular formula is C17H20N2O4. The predicted octanol–water partition coefficient (Wildman–Crippen LogP) is 2.95. The van der Waals surface area contributed by atoms with Gasteiger partial charge in [-0.15, -0.1) is 0 Å². The third-order valence-electron chi connectivity index (χ3n) is 4.03. The fourth-order valence-electron chi connectivity index (χ4n) is 3.06. The van der Waals surface area contributed by atoms with Gasteiger partial charge in [-0.25, -0.2) is 9.59 Å². The number of aliphatic carboxylic acids is 1. The van der Waals surface area contributed by atoms with Gasteiger partial charge in [0.25, 0.3) is 0 Å². The Morgan fingerprint density at radius 3 is 2.87 bits per heavy atom. The summed E-state index contributed by atoms with van der Waals surface area (Å²) < 4.78 is 12.7. The Morgan fingerprint density at radius 2 is 2.17 bits per heavy atom. The van der Waals surface area contributed by atoms with Crippen molar-refractivity contribution in [2.24, 2.45) is 4.99 Å². The van der Waals surface area contributed by atoms with Crippen LogP contribution < -0.4 is 0 Å². The van der Waals surface area contributed by atoms with Crippen LogP contribution >= 0.6 is 0 Å². The maximum Gasteiger partial charge on any atom is 0.411 e. The zero-order chi connectivity index (χ0) is 17.5. The number of aliphatic imine (C=N–C) groups is 1. The second-order valence-electron chi connectivity index (χ2n) is 6.56. The number of para-hydroxylation sites is 1. The minimum absolute atomic E-state index is 0.0736. The van der Waals surface area contributed by atoms with Gasteiger partial charge in [0.1, 0.15) is 11.6 Å². The topological polar surface area (TPSA) is 79.2 Å². The van der Waals surface area contributed by atoms with Gasteiger partial charge in [-0.3, -0.25) is 9.89 Å². The fourth-order valence-corrected chi connectivity index (χ4v) is 3.06. The molecule has 1 saturated heterocycles. The summed E-state index contributed by atoms with van der Waals surface area (Å²) in [5.41, 5.74) is 1.67. The lowest BCUT2D eigenvalue weighted by atomic mass is 9.85. The van der Waals surface area contributed by atoms with Crippen LogP contribution in [0.3, 0.4) is 0 Å². The Morgan fingerprint density at radius 1 is 1.43 bits per heavy atom. The monoisotopic (exact) mass is 317 g/mol. The van der Waals surface area contributed by atoms with Gasteiger partial charge in [0.05, 0.1) is 12.2 Å². The van der Waals surface area contributed by atoms with E-state index in [0.717, 1.165) is 17.0 Å². The highest BCUT2D eigenvalue weighted by Gasteiger charge is 2.43.